The maximum atomic E-state index is 14.2. The third-order valence-corrected chi connectivity index (χ3v) is 9.01. The summed E-state index contributed by atoms with van der Waals surface area (Å²) in [5.41, 5.74) is 5.39. The molecule has 4 rings (SSSR count). The molecule has 0 saturated carbocycles. The SMILES string of the molecule is CCCCC1CC(NC(=O)Nc2cc(C(N)=O)c(F)cc2F)CCN1Cc1ccc(Oc2ccc(S(=O)(=O)NC)cc2)cc1. The smallest absolute Gasteiger partial charge is 0.319 e. The molecule has 10 nitrogen and oxygen atoms in total. The van der Waals surface area contributed by atoms with Crippen LogP contribution in [0.2, 0.25) is 0 Å². The van der Waals surface area contributed by atoms with Gasteiger partial charge in [-0.25, -0.2) is 26.7 Å². The highest BCUT2D eigenvalue weighted by molar-refractivity contribution is 7.89. The van der Waals surface area contributed by atoms with E-state index in [9.17, 15) is 26.8 Å². The topological polar surface area (TPSA) is 143 Å². The number of nitrogens with two attached hydrogens (primary N) is 1. The first-order valence-corrected chi connectivity index (χ1v) is 15.9. The molecule has 3 aromatic carbocycles. The lowest BCUT2D eigenvalue weighted by Gasteiger charge is -2.40. The number of rotatable bonds is 12. The second-order valence-corrected chi connectivity index (χ2v) is 12.6. The molecule has 0 radical (unpaired) electrons. The third-order valence-electron chi connectivity index (χ3n) is 7.58. The van der Waals surface area contributed by atoms with Crippen LogP contribution in [0.5, 0.6) is 11.5 Å². The quantitative estimate of drug-likeness (QED) is 0.219. The Morgan fingerprint density at radius 1 is 1.02 bits per heavy atom. The van der Waals surface area contributed by atoms with Crippen molar-refractivity contribution >= 4 is 27.6 Å². The number of benzene rings is 3. The summed E-state index contributed by atoms with van der Waals surface area (Å²) in [6.07, 6.45) is 4.38. The second-order valence-electron chi connectivity index (χ2n) is 10.7. The standard InChI is InChI=1S/C31H37F2N5O5S/c1-3-4-5-22-16-21(36-31(40)37-29-17-26(30(34)39)27(32)18-28(29)33)14-15-38(22)19-20-6-8-23(9-7-20)43-24-10-12-25(13-11-24)44(41,42)35-2/h6-13,17-18,21-22,35H,3-5,14-16,19H2,1-2H3,(H2,34,39)(H2,36,37,40). The molecular formula is C31H37F2N5O5S. The molecule has 0 bridgehead atoms. The summed E-state index contributed by atoms with van der Waals surface area (Å²) in [4.78, 5) is 26.6. The van der Waals surface area contributed by atoms with Crippen LogP contribution >= 0.6 is 0 Å². The molecule has 0 aromatic heterocycles. The van der Waals surface area contributed by atoms with Crippen LogP contribution in [-0.2, 0) is 16.6 Å². The summed E-state index contributed by atoms with van der Waals surface area (Å²) < 4.78 is 60.0. The van der Waals surface area contributed by atoms with Crippen molar-refractivity contribution in [2.45, 2.75) is 62.6 Å². The lowest BCUT2D eigenvalue weighted by molar-refractivity contribution is 0.0996. The first-order chi connectivity index (χ1) is 21.0. The summed E-state index contributed by atoms with van der Waals surface area (Å²) in [7, 11) is -2.16. The van der Waals surface area contributed by atoms with Gasteiger partial charge in [-0.15, -0.1) is 0 Å². The molecule has 0 spiro atoms. The van der Waals surface area contributed by atoms with E-state index in [2.05, 4.69) is 27.2 Å². The number of hydrogen-bond acceptors (Lipinski definition) is 6. The second kappa shape index (κ2) is 14.6. The fourth-order valence-corrected chi connectivity index (χ4v) is 5.92. The van der Waals surface area contributed by atoms with E-state index < -0.39 is 39.2 Å². The highest BCUT2D eigenvalue weighted by atomic mass is 32.2. The van der Waals surface area contributed by atoms with E-state index >= 15 is 0 Å². The molecule has 236 valence electrons. The van der Waals surface area contributed by atoms with Gasteiger partial charge >= 0.3 is 6.03 Å². The van der Waals surface area contributed by atoms with Crippen molar-refractivity contribution in [1.29, 1.82) is 0 Å². The summed E-state index contributed by atoms with van der Waals surface area (Å²) >= 11 is 0. The first kappa shape index (κ1) is 32.8. The van der Waals surface area contributed by atoms with Gasteiger partial charge in [-0.05, 0) is 74.3 Å². The fraction of sp³-hybridized carbons (Fsp3) is 0.355. The monoisotopic (exact) mass is 629 g/mol. The van der Waals surface area contributed by atoms with Crippen LogP contribution < -0.4 is 25.8 Å². The highest BCUT2D eigenvalue weighted by Crippen LogP contribution is 2.27. The Bertz CT molecular complexity index is 1570. The van der Waals surface area contributed by atoms with Crippen molar-refractivity contribution in [2.24, 2.45) is 5.73 Å². The molecular weight excluding hydrogens is 592 g/mol. The van der Waals surface area contributed by atoms with Crippen LogP contribution in [0.1, 0.15) is 54.9 Å². The highest BCUT2D eigenvalue weighted by Gasteiger charge is 2.29. The van der Waals surface area contributed by atoms with Crippen molar-refractivity contribution in [1.82, 2.24) is 14.9 Å². The van der Waals surface area contributed by atoms with Crippen molar-refractivity contribution < 1.29 is 31.5 Å². The summed E-state index contributed by atoms with van der Waals surface area (Å²) in [6, 6.07) is 14.7. The molecule has 13 heteroatoms. The van der Waals surface area contributed by atoms with Gasteiger partial charge in [-0.2, -0.15) is 0 Å². The van der Waals surface area contributed by atoms with Gasteiger partial charge in [0.1, 0.15) is 23.1 Å². The van der Waals surface area contributed by atoms with Crippen LogP contribution in [0.25, 0.3) is 0 Å². The number of carbonyl (C=O) groups is 2. The van der Waals surface area contributed by atoms with Crippen molar-refractivity contribution in [3.63, 3.8) is 0 Å². The number of anilines is 1. The molecule has 1 fully saturated rings. The van der Waals surface area contributed by atoms with Gasteiger partial charge < -0.3 is 21.1 Å². The van der Waals surface area contributed by atoms with Crippen LogP contribution in [-0.4, -0.2) is 50.9 Å². The van der Waals surface area contributed by atoms with Gasteiger partial charge in [-0.1, -0.05) is 31.9 Å². The van der Waals surface area contributed by atoms with E-state index in [1.807, 2.05) is 24.3 Å². The number of hydrogen-bond donors (Lipinski definition) is 4. The molecule has 3 amide bonds. The maximum absolute atomic E-state index is 14.2. The Kier molecular flexibility index (Phi) is 10.9. The Hall–Kier alpha value is -4.07. The predicted molar refractivity (Wildman–Crippen MR) is 163 cm³/mol. The average Bonchev–Trinajstić information content (AvgIpc) is 2.99. The molecule has 1 heterocycles. The fourth-order valence-electron chi connectivity index (χ4n) is 5.19. The Morgan fingerprint density at radius 3 is 2.30 bits per heavy atom. The van der Waals surface area contributed by atoms with Crippen molar-refractivity contribution in [2.75, 3.05) is 18.9 Å². The minimum absolute atomic E-state index is 0.153. The van der Waals surface area contributed by atoms with Gasteiger partial charge in [0, 0.05) is 31.2 Å². The van der Waals surface area contributed by atoms with Crippen molar-refractivity contribution in [3.8, 4) is 11.5 Å². The molecule has 2 unspecified atom stereocenters. The Morgan fingerprint density at radius 2 is 1.68 bits per heavy atom. The number of nitrogens with one attached hydrogen (secondary N) is 3. The molecule has 44 heavy (non-hydrogen) atoms. The van der Waals surface area contributed by atoms with Gasteiger partial charge in [-0.3, -0.25) is 9.69 Å². The average molecular weight is 630 g/mol. The first-order valence-electron chi connectivity index (χ1n) is 14.4. The number of unbranched alkanes of at least 4 members (excludes halogenated alkanes) is 1. The molecule has 0 aliphatic carbocycles. The molecule has 3 aromatic rings. The zero-order chi connectivity index (χ0) is 31.9. The number of likely N-dealkylation sites (tertiary alicyclic amines) is 1. The zero-order valence-corrected chi connectivity index (χ0v) is 25.4. The van der Waals surface area contributed by atoms with E-state index in [4.69, 9.17) is 10.5 Å². The van der Waals surface area contributed by atoms with Crippen LogP contribution in [0.4, 0.5) is 19.3 Å². The molecule has 1 aliphatic heterocycles. The number of sulfonamides is 1. The van der Waals surface area contributed by atoms with Gasteiger partial charge in [0.2, 0.25) is 10.0 Å². The third kappa shape index (κ3) is 8.52. The predicted octanol–water partition coefficient (Wildman–Crippen LogP) is 5.11. The molecule has 2 atom stereocenters. The maximum Gasteiger partial charge on any atom is 0.319 e. The van der Waals surface area contributed by atoms with Crippen LogP contribution in [0.3, 0.4) is 0 Å². The number of amides is 3. The van der Waals surface area contributed by atoms with E-state index in [1.54, 1.807) is 12.1 Å². The minimum atomic E-state index is -3.52. The summed E-state index contributed by atoms with van der Waals surface area (Å²) in [5, 5.41) is 5.26. The Labute approximate surface area is 256 Å². The van der Waals surface area contributed by atoms with E-state index in [0.717, 1.165) is 37.4 Å². The Balaban J connectivity index is 1.34. The van der Waals surface area contributed by atoms with Crippen LogP contribution in [0, 0.1) is 11.6 Å². The number of primary amides is 1. The van der Waals surface area contributed by atoms with Crippen LogP contribution in [0.15, 0.2) is 65.6 Å². The number of nitrogens with zero attached hydrogens (tertiary/aromatic N) is 1. The number of ether oxygens (including phenoxy) is 1. The lowest BCUT2D eigenvalue weighted by atomic mass is 9.93. The summed E-state index contributed by atoms with van der Waals surface area (Å²) in [5.74, 6) is -2.03. The number of piperidine rings is 1. The lowest BCUT2D eigenvalue weighted by Crippen LogP contribution is -2.50. The molecule has 5 N–H and O–H groups in total. The minimum Gasteiger partial charge on any atom is -0.457 e. The van der Waals surface area contributed by atoms with E-state index in [0.29, 0.717) is 37.0 Å². The molecule has 1 saturated heterocycles. The number of halogens is 2. The van der Waals surface area contributed by atoms with Gasteiger partial charge in [0.25, 0.3) is 5.91 Å². The number of urea groups is 1. The molecule has 1 aliphatic rings. The van der Waals surface area contributed by atoms with Gasteiger partial charge in [0.15, 0.2) is 0 Å². The largest absolute Gasteiger partial charge is 0.457 e. The summed E-state index contributed by atoms with van der Waals surface area (Å²) in [6.45, 7) is 3.57. The normalized spacial score (nSPS) is 17.2. The number of carbonyl (C=O) groups excluding carboxylic acids is 2. The van der Waals surface area contributed by atoms with Crippen molar-refractivity contribution in [3.05, 3.63) is 83.4 Å². The van der Waals surface area contributed by atoms with E-state index in [-0.39, 0.29) is 22.7 Å². The zero-order valence-electron chi connectivity index (χ0n) is 24.6. The van der Waals surface area contributed by atoms with E-state index in [1.165, 1.54) is 19.2 Å². The van der Waals surface area contributed by atoms with Gasteiger partial charge in [0.05, 0.1) is 16.1 Å².